The van der Waals surface area contributed by atoms with Gasteiger partial charge in [-0.15, -0.1) is 6.58 Å². The SMILES string of the molecule is C=CCNC(=O)[C@H](C)OC(=O)c1ccc(C)nc1. The summed E-state index contributed by atoms with van der Waals surface area (Å²) in [5, 5.41) is 2.55. The highest BCUT2D eigenvalue weighted by molar-refractivity contribution is 5.91. The Kier molecular flexibility index (Phi) is 5.05. The minimum absolute atomic E-state index is 0.323. The number of rotatable bonds is 5. The number of hydrogen-bond donors (Lipinski definition) is 1. The second kappa shape index (κ2) is 6.54. The van der Waals surface area contributed by atoms with Crippen LogP contribution < -0.4 is 5.32 Å². The first-order valence-corrected chi connectivity index (χ1v) is 5.57. The third-order valence-electron chi connectivity index (χ3n) is 2.22. The van der Waals surface area contributed by atoms with Crippen LogP contribution in [0.5, 0.6) is 0 Å². The van der Waals surface area contributed by atoms with Crippen molar-refractivity contribution in [1.29, 1.82) is 0 Å². The summed E-state index contributed by atoms with van der Waals surface area (Å²) >= 11 is 0. The molecule has 96 valence electrons. The van der Waals surface area contributed by atoms with Gasteiger partial charge < -0.3 is 10.1 Å². The minimum atomic E-state index is -0.848. The zero-order chi connectivity index (χ0) is 13.5. The van der Waals surface area contributed by atoms with Crippen LogP contribution >= 0.6 is 0 Å². The fraction of sp³-hybridized carbons (Fsp3) is 0.308. The summed E-state index contributed by atoms with van der Waals surface area (Å²) in [4.78, 5) is 27.1. The van der Waals surface area contributed by atoms with Crippen LogP contribution in [0, 0.1) is 6.92 Å². The summed E-state index contributed by atoms with van der Waals surface area (Å²) in [6, 6.07) is 3.32. The normalized spacial score (nSPS) is 11.4. The van der Waals surface area contributed by atoms with Gasteiger partial charge in [0.05, 0.1) is 5.56 Å². The molecule has 5 heteroatoms. The van der Waals surface area contributed by atoms with E-state index < -0.39 is 12.1 Å². The summed E-state index contributed by atoms with van der Waals surface area (Å²) in [5.41, 5.74) is 1.13. The van der Waals surface area contributed by atoms with Crippen LogP contribution in [0.25, 0.3) is 0 Å². The Morgan fingerprint density at radius 1 is 1.56 bits per heavy atom. The third-order valence-corrected chi connectivity index (χ3v) is 2.22. The number of hydrogen-bond acceptors (Lipinski definition) is 4. The van der Waals surface area contributed by atoms with Crippen LogP contribution in [0.2, 0.25) is 0 Å². The molecule has 1 aromatic rings. The van der Waals surface area contributed by atoms with Crippen molar-refractivity contribution >= 4 is 11.9 Å². The summed E-state index contributed by atoms with van der Waals surface area (Å²) in [7, 11) is 0. The van der Waals surface area contributed by atoms with E-state index in [1.54, 1.807) is 18.2 Å². The smallest absolute Gasteiger partial charge is 0.340 e. The molecule has 0 spiro atoms. The van der Waals surface area contributed by atoms with Crippen molar-refractivity contribution in [3.8, 4) is 0 Å². The molecule has 1 rings (SSSR count). The molecule has 5 nitrogen and oxygen atoms in total. The lowest BCUT2D eigenvalue weighted by atomic mass is 10.2. The maximum absolute atomic E-state index is 11.7. The highest BCUT2D eigenvalue weighted by Crippen LogP contribution is 2.04. The van der Waals surface area contributed by atoms with E-state index in [-0.39, 0.29) is 5.91 Å². The highest BCUT2D eigenvalue weighted by atomic mass is 16.5. The Labute approximate surface area is 106 Å². The summed E-state index contributed by atoms with van der Waals surface area (Å²) in [6.07, 6.45) is 2.13. The third kappa shape index (κ3) is 4.01. The molecule has 0 saturated carbocycles. The van der Waals surface area contributed by atoms with Gasteiger partial charge in [-0.3, -0.25) is 9.78 Å². The molecule has 0 saturated heterocycles. The van der Waals surface area contributed by atoms with Crippen LogP contribution in [-0.2, 0) is 9.53 Å². The number of esters is 1. The molecule has 0 bridgehead atoms. The van der Waals surface area contributed by atoms with E-state index >= 15 is 0 Å². The first-order chi connectivity index (χ1) is 8.54. The molecule has 0 unspecified atom stereocenters. The Balaban J connectivity index is 2.56. The standard InChI is InChI=1S/C13H16N2O3/c1-4-7-14-12(16)10(3)18-13(17)11-6-5-9(2)15-8-11/h4-6,8,10H,1,7H2,2-3H3,(H,14,16)/t10-/m0/s1. The average Bonchev–Trinajstić information content (AvgIpc) is 2.36. The average molecular weight is 248 g/mol. The van der Waals surface area contributed by atoms with E-state index in [1.165, 1.54) is 13.1 Å². The molecule has 0 radical (unpaired) electrons. The molecule has 0 aromatic carbocycles. The lowest BCUT2D eigenvalue weighted by molar-refractivity contribution is -0.128. The van der Waals surface area contributed by atoms with E-state index in [0.29, 0.717) is 12.1 Å². The number of carbonyl (C=O) groups excluding carboxylic acids is 2. The zero-order valence-electron chi connectivity index (χ0n) is 10.5. The fourth-order valence-electron chi connectivity index (χ4n) is 1.19. The summed E-state index contributed by atoms with van der Waals surface area (Å²) in [6.45, 7) is 7.15. The molecular formula is C13H16N2O3. The molecule has 0 aliphatic heterocycles. The van der Waals surface area contributed by atoms with E-state index in [1.807, 2.05) is 6.92 Å². The molecule has 1 atom stereocenters. The van der Waals surface area contributed by atoms with E-state index in [0.717, 1.165) is 5.69 Å². The van der Waals surface area contributed by atoms with Gasteiger partial charge in [0.2, 0.25) is 0 Å². The van der Waals surface area contributed by atoms with Crippen molar-refractivity contribution in [3.05, 3.63) is 42.2 Å². The Morgan fingerprint density at radius 2 is 2.28 bits per heavy atom. The van der Waals surface area contributed by atoms with Gasteiger partial charge in [0.1, 0.15) is 0 Å². The zero-order valence-corrected chi connectivity index (χ0v) is 10.5. The molecule has 1 N–H and O–H groups in total. The van der Waals surface area contributed by atoms with Crippen molar-refractivity contribution in [1.82, 2.24) is 10.3 Å². The number of nitrogens with zero attached hydrogens (tertiary/aromatic N) is 1. The van der Waals surface area contributed by atoms with Crippen LogP contribution in [0.15, 0.2) is 31.0 Å². The van der Waals surface area contributed by atoms with Gasteiger partial charge in [-0.05, 0) is 26.0 Å². The van der Waals surface area contributed by atoms with Gasteiger partial charge in [-0.25, -0.2) is 4.79 Å². The van der Waals surface area contributed by atoms with E-state index in [4.69, 9.17) is 4.74 Å². The topological polar surface area (TPSA) is 68.3 Å². The molecule has 0 aliphatic rings. The molecule has 18 heavy (non-hydrogen) atoms. The number of nitrogens with one attached hydrogen (secondary N) is 1. The second-order valence-corrected chi connectivity index (χ2v) is 3.77. The van der Waals surface area contributed by atoms with Crippen LogP contribution in [0.4, 0.5) is 0 Å². The molecular weight excluding hydrogens is 232 g/mol. The number of carbonyl (C=O) groups is 2. The molecule has 1 aromatic heterocycles. The van der Waals surface area contributed by atoms with Crippen molar-refractivity contribution in [2.75, 3.05) is 6.54 Å². The molecule has 1 heterocycles. The van der Waals surface area contributed by atoms with E-state index in [2.05, 4.69) is 16.9 Å². The number of pyridine rings is 1. The predicted molar refractivity (Wildman–Crippen MR) is 67.1 cm³/mol. The Morgan fingerprint density at radius 3 is 2.83 bits per heavy atom. The van der Waals surface area contributed by atoms with E-state index in [9.17, 15) is 9.59 Å². The minimum Gasteiger partial charge on any atom is -0.449 e. The summed E-state index contributed by atoms with van der Waals surface area (Å²) < 4.78 is 5.01. The van der Waals surface area contributed by atoms with Gasteiger partial charge in [-0.2, -0.15) is 0 Å². The van der Waals surface area contributed by atoms with Gasteiger partial charge in [0, 0.05) is 18.4 Å². The molecule has 0 aliphatic carbocycles. The largest absolute Gasteiger partial charge is 0.449 e. The van der Waals surface area contributed by atoms with Crippen LogP contribution in [-0.4, -0.2) is 29.5 Å². The van der Waals surface area contributed by atoms with Gasteiger partial charge in [-0.1, -0.05) is 6.08 Å². The number of aryl methyl sites for hydroxylation is 1. The van der Waals surface area contributed by atoms with Gasteiger partial charge in [0.25, 0.3) is 5.91 Å². The lowest BCUT2D eigenvalue weighted by Crippen LogP contribution is -2.35. The van der Waals surface area contributed by atoms with Crippen molar-refractivity contribution < 1.29 is 14.3 Å². The first kappa shape index (κ1) is 13.9. The van der Waals surface area contributed by atoms with Gasteiger partial charge >= 0.3 is 5.97 Å². The number of aromatic nitrogens is 1. The quantitative estimate of drug-likeness (QED) is 0.628. The molecule has 1 amide bonds. The Hall–Kier alpha value is -2.17. The summed E-state index contributed by atoms with van der Waals surface area (Å²) in [5.74, 6) is -0.924. The predicted octanol–water partition coefficient (Wildman–Crippen LogP) is 1.24. The fourth-order valence-corrected chi connectivity index (χ4v) is 1.19. The van der Waals surface area contributed by atoms with Crippen molar-refractivity contribution in [3.63, 3.8) is 0 Å². The molecule has 0 fully saturated rings. The number of ether oxygens (including phenoxy) is 1. The second-order valence-electron chi connectivity index (χ2n) is 3.77. The highest BCUT2D eigenvalue weighted by Gasteiger charge is 2.18. The maximum atomic E-state index is 11.7. The van der Waals surface area contributed by atoms with Crippen LogP contribution in [0.3, 0.4) is 0 Å². The van der Waals surface area contributed by atoms with Crippen molar-refractivity contribution in [2.45, 2.75) is 20.0 Å². The van der Waals surface area contributed by atoms with Gasteiger partial charge in [0.15, 0.2) is 6.10 Å². The maximum Gasteiger partial charge on any atom is 0.340 e. The lowest BCUT2D eigenvalue weighted by Gasteiger charge is -2.12. The Bertz CT molecular complexity index is 440. The van der Waals surface area contributed by atoms with Crippen LogP contribution in [0.1, 0.15) is 23.0 Å². The monoisotopic (exact) mass is 248 g/mol. The number of amides is 1. The van der Waals surface area contributed by atoms with Crippen molar-refractivity contribution in [2.24, 2.45) is 0 Å². The first-order valence-electron chi connectivity index (χ1n) is 5.57.